The van der Waals surface area contributed by atoms with E-state index in [1.807, 2.05) is 6.20 Å². The highest BCUT2D eigenvalue weighted by Crippen LogP contribution is 2.38. The van der Waals surface area contributed by atoms with E-state index in [1.165, 1.54) is 64.6 Å². The molecule has 0 amide bonds. The minimum absolute atomic E-state index is 1.06. The van der Waals surface area contributed by atoms with Crippen molar-refractivity contribution in [2.45, 2.75) is 26.4 Å². The second kappa shape index (κ2) is 6.52. The van der Waals surface area contributed by atoms with Gasteiger partial charge in [-0.05, 0) is 72.2 Å². The minimum atomic E-state index is -1.95. The molecule has 2 heteroatoms. The number of hydrogen-bond donors (Lipinski definition) is 0. The minimum Gasteiger partial charge on any atom is -0.256 e. The second-order valence-corrected chi connectivity index (χ2v) is 14.3. The first-order chi connectivity index (χ1) is 16.1. The number of rotatable bonds is 1. The molecule has 0 fully saturated rings. The molecule has 0 saturated heterocycles. The van der Waals surface area contributed by atoms with Crippen molar-refractivity contribution in [1.82, 2.24) is 4.98 Å². The molecular weight excluding hydrogens is 414 g/mol. The molecule has 0 bridgehead atoms. The first-order valence-electron chi connectivity index (χ1n) is 11.9. The van der Waals surface area contributed by atoms with Gasteiger partial charge in [-0.2, -0.15) is 0 Å². The summed E-state index contributed by atoms with van der Waals surface area (Å²) in [4.78, 5) is 4.97. The summed E-state index contributed by atoms with van der Waals surface area (Å²) in [6.45, 7) is 7.26. The lowest BCUT2D eigenvalue weighted by Gasteiger charge is -2.34. The maximum atomic E-state index is 4.97. The summed E-state index contributed by atoms with van der Waals surface area (Å²) in [5.41, 5.74) is 3.88. The van der Waals surface area contributed by atoms with E-state index >= 15 is 0 Å². The van der Waals surface area contributed by atoms with E-state index in [0.717, 1.165) is 12.1 Å². The Morgan fingerprint density at radius 3 is 2.27 bits per heavy atom. The van der Waals surface area contributed by atoms with Crippen molar-refractivity contribution in [3.8, 4) is 11.3 Å². The maximum absolute atomic E-state index is 4.97. The lowest BCUT2D eigenvalue weighted by atomic mass is 9.93. The molecule has 2 heterocycles. The maximum Gasteiger partial charge on any atom is 0.114 e. The summed E-state index contributed by atoms with van der Waals surface area (Å²) in [5, 5.41) is 13.8. The highest BCUT2D eigenvalue weighted by molar-refractivity contribution is 7.03. The van der Waals surface area contributed by atoms with E-state index in [9.17, 15) is 0 Å². The Hall–Kier alpha value is -3.49. The number of hydrogen-bond acceptors (Lipinski definition) is 1. The summed E-state index contributed by atoms with van der Waals surface area (Å²) in [5.74, 6) is 0. The third kappa shape index (κ3) is 2.50. The van der Waals surface area contributed by atoms with Crippen LogP contribution in [-0.4, -0.2) is 13.1 Å². The van der Waals surface area contributed by atoms with Crippen molar-refractivity contribution in [2.24, 2.45) is 0 Å². The third-order valence-electron chi connectivity index (χ3n) is 7.82. The standard InChI is InChI=1S/C31H25NSi/c1-4-19-9-10-20-11-12-23-24-13-14-32-31-27-16-21-7-5-6-8-22(21)17-28(27)33(2,3)29(30(24)31)18-26(23)25(20)15-19/h5-18H,4H2,1-3H3. The molecule has 0 N–H and O–H groups in total. The van der Waals surface area contributed by atoms with Crippen LogP contribution in [0.5, 0.6) is 0 Å². The lowest BCUT2D eigenvalue weighted by molar-refractivity contribution is 1.15. The van der Waals surface area contributed by atoms with Crippen LogP contribution >= 0.6 is 0 Å². The highest BCUT2D eigenvalue weighted by atomic mass is 28.3. The zero-order valence-electron chi connectivity index (χ0n) is 19.2. The van der Waals surface area contributed by atoms with Crippen LogP contribution in [0, 0.1) is 0 Å². The molecule has 5 aromatic carbocycles. The quantitative estimate of drug-likeness (QED) is 0.197. The Bertz CT molecular complexity index is 1780. The first kappa shape index (κ1) is 19.0. The SMILES string of the molecule is CCc1ccc2ccc3c4ccnc5c4c(cc3c2c1)[Si](C)(C)c1cc2ccccc2cc1-5. The molecule has 1 aliphatic rings. The van der Waals surface area contributed by atoms with Gasteiger partial charge in [0.15, 0.2) is 0 Å². The zero-order valence-corrected chi connectivity index (χ0v) is 20.2. The van der Waals surface area contributed by atoms with Crippen molar-refractivity contribution < 1.29 is 0 Å². The normalized spacial score (nSPS) is 14.3. The number of pyridine rings is 1. The fourth-order valence-electron chi connectivity index (χ4n) is 5.97. The molecule has 1 nitrogen and oxygen atoms in total. The van der Waals surface area contributed by atoms with Crippen LogP contribution in [0.15, 0.2) is 85.1 Å². The molecule has 0 atom stereocenters. The Morgan fingerprint density at radius 2 is 1.45 bits per heavy atom. The van der Waals surface area contributed by atoms with Crippen LogP contribution in [0.1, 0.15) is 12.5 Å². The number of aromatic nitrogens is 1. The fourth-order valence-corrected chi connectivity index (χ4v) is 9.02. The van der Waals surface area contributed by atoms with E-state index in [-0.39, 0.29) is 0 Å². The van der Waals surface area contributed by atoms with Crippen LogP contribution in [0.25, 0.3) is 54.3 Å². The van der Waals surface area contributed by atoms with Crippen LogP contribution in [-0.2, 0) is 6.42 Å². The van der Waals surface area contributed by atoms with Gasteiger partial charge in [0.2, 0.25) is 0 Å². The smallest absolute Gasteiger partial charge is 0.114 e. The summed E-state index contributed by atoms with van der Waals surface area (Å²) >= 11 is 0. The number of aryl methyl sites for hydroxylation is 1. The van der Waals surface area contributed by atoms with Crippen LogP contribution in [0.4, 0.5) is 0 Å². The molecule has 33 heavy (non-hydrogen) atoms. The molecule has 6 aromatic rings. The molecule has 0 saturated carbocycles. The van der Waals surface area contributed by atoms with Gasteiger partial charge in [-0.25, -0.2) is 0 Å². The number of nitrogens with zero attached hydrogens (tertiary/aromatic N) is 1. The van der Waals surface area contributed by atoms with E-state index in [4.69, 9.17) is 4.98 Å². The monoisotopic (exact) mass is 439 g/mol. The van der Waals surface area contributed by atoms with Gasteiger partial charge in [-0.15, -0.1) is 0 Å². The van der Waals surface area contributed by atoms with Crippen molar-refractivity contribution in [2.75, 3.05) is 0 Å². The number of benzene rings is 5. The van der Waals surface area contributed by atoms with Crippen LogP contribution in [0.3, 0.4) is 0 Å². The van der Waals surface area contributed by atoms with Crippen LogP contribution in [0.2, 0.25) is 13.1 Å². The van der Waals surface area contributed by atoms with Crippen molar-refractivity contribution in [3.05, 3.63) is 90.6 Å². The molecule has 0 spiro atoms. The van der Waals surface area contributed by atoms with Gasteiger partial charge in [-0.1, -0.05) is 86.7 Å². The predicted molar refractivity (Wildman–Crippen MR) is 146 cm³/mol. The van der Waals surface area contributed by atoms with Gasteiger partial charge in [-0.3, -0.25) is 4.98 Å². The molecule has 0 radical (unpaired) electrons. The molecule has 158 valence electrons. The third-order valence-corrected chi connectivity index (χ3v) is 11.3. The largest absolute Gasteiger partial charge is 0.256 e. The molecule has 1 aliphatic heterocycles. The van der Waals surface area contributed by atoms with E-state index in [0.29, 0.717) is 0 Å². The Kier molecular flexibility index (Phi) is 3.76. The predicted octanol–water partition coefficient (Wildman–Crippen LogP) is 7.06. The van der Waals surface area contributed by atoms with E-state index in [1.54, 1.807) is 0 Å². The second-order valence-electron chi connectivity index (χ2n) is 9.95. The molecular formula is C31H25NSi. The molecule has 0 aliphatic carbocycles. The molecule has 1 aromatic heterocycles. The summed E-state index contributed by atoms with van der Waals surface area (Å²) < 4.78 is 0. The van der Waals surface area contributed by atoms with Crippen molar-refractivity contribution in [1.29, 1.82) is 0 Å². The van der Waals surface area contributed by atoms with Gasteiger partial charge in [0.1, 0.15) is 8.07 Å². The van der Waals surface area contributed by atoms with Gasteiger partial charge in [0.05, 0.1) is 5.69 Å². The zero-order chi connectivity index (χ0) is 22.3. The van der Waals surface area contributed by atoms with E-state index < -0.39 is 8.07 Å². The van der Waals surface area contributed by atoms with Crippen molar-refractivity contribution in [3.63, 3.8) is 0 Å². The lowest BCUT2D eigenvalue weighted by Crippen LogP contribution is -2.56. The Balaban J connectivity index is 1.69. The Labute approximate surface area is 194 Å². The van der Waals surface area contributed by atoms with Gasteiger partial charge < -0.3 is 0 Å². The van der Waals surface area contributed by atoms with E-state index in [2.05, 4.69) is 98.9 Å². The van der Waals surface area contributed by atoms with Gasteiger partial charge >= 0.3 is 0 Å². The molecule has 7 rings (SSSR count). The average Bonchev–Trinajstić information content (AvgIpc) is 2.85. The first-order valence-corrected chi connectivity index (χ1v) is 14.9. The van der Waals surface area contributed by atoms with Crippen LogP contribution < -0.4 is 10.4 Å². The molecule has 0 unspecified atom stereocenters. The van der Waals surface area contributed by atoms with Gasteiger partial charge in [0, 0.05) is 17.1 Å². The summed E-state index contributed by atoms with van der Waals surface area (Å²) in [6, 6.07) is 29.9. The van der Waals surface area contributed by atoms with Gasteiger partial charge in [0.25, 0.3) is 0 Å². The Morgan fingerprint density at radius 1 is 0.667 bits per heavy atom. The number of fused-ring (bicyclic) bond motifs is 7. The van der Waals surface area contributed by atoms with Crippen molar-refractivity contribution >= 4 is 61.5 Å². The summed E-state index contributed by atoms with van der Waals surface area (Å²) in [6.07, 6.45) is 3.06. The average molecular weight is 440 g/mol. The summed E-state index contributed by atoms with van der Waals surface area (Å²) in [7, 11) is -1.95. The highest BCUT2D eigenvalue weighted by Gasteiger charge is 2.37. The fraction of sp³-hybridized carbons (Fsp3) is 0.129. The topological polar surface area (TPSA) is 12.9 Å².